The predicted octanol–water partition coefficient (Wildman–Crippen LogP) is 4.34. The van der Waals surface area contributed by atoms with Crippen molar-refractivity contribution in [1.29, 1.82) is 0 Å². The molecule has 0 aliphatic heterocycles. The first-order valence-electron chi connectivity index (χ1n) is 7.62. The van der Waals surface area contributed by atoms with Crippen molar-refractivity contribution in [1.82, 2.24) is 10.3 Å². The van der Waals surface area contributed by atoms with Crippen molar-refractivity contribution in [2.75, 3.05) is 6.54 Å². The Kier molecular flexibility index (Phi) is 6.32. The molecule has 0 bridgehead atoms. The number of nitrogens with zero attached hydrogens (tertiary/aromatic N) is 1. The van der Waals surface area contributed by atoms with Gasteiger partial charge in [-0.2, -0.15) is 0 Å². The zero-order chi connectivity index (χ0) is 13.5. The minimum atomic E-state index is 0.622. The largest absolute Gasteiger partial charge is 0.313 e. The highest BCUT2D eigenvalue weighted by molar-refractivity contribution is 9.10. The first-order valence-corrected chi connectivity index (χ1v) is 8.41. The average Bonchev–Trinajstić information content (AvgIpc) is 2.44. The Bertz CT molecular complexity index is 375. The van der Waals surface area contributed by atoms with Crippen LogP contribution in [-0.4, -0.2) is 17.6 Å². The van der Waals surface area contributed by atoms with Gasteiger partial charge in [-0.05, 0) is 65.7 Å². The monoisotopic (exact) mass is 324 g/mol. The highest BCUT2D eigenvalue weighted by atomic mass is 79.9. The highest BCUT2D eigenvalue weighted by Crippen LogP contribution is 2.28. The second-order valence-corrected chi connectivity index (χ2v) is 6.59. The van der Waals surface area contributed by atoms with Gasteiger partial charge in [-0.15, -0.1) is 0 Å². The summed E-state index contributed by atoms with van der Waals surface area (Å²) < 4.78 is 1.09. The molecule has 0 saturated heterocycles. The van der Waals surface area contributed by atoms with Gasteiger partial charge in [-0.25, -0.2) is 0 Å². The maximum absolute atomic E-state index is 4.29. The van der Waals surface area contributed by atoms with Crippen LogP contribution < -0.4 is 5.32 Å². The second-order valence-electron chi connectivity index (χ2n) is 5.67. The molecule has 1 N–H and O–H groups in total. The summed E-state index contributed by atoms with van der Waals surface area (Å²) in [6.45, 7) is 3.37. The molecular formula is C16H25BrN2. The Balaban J connectivity index is 1.99. The van der Waals surface area contributed by atoms with Crippen LogP contribution in [0.1, 0.15) is 51.0 Å². The summed E-state index contributed by atoms with van der Waals surface area (Å²) in [7, 11) is 0. The van der Waals surface area contributed by atoms with Gasteiger partial charge in [-0.3, -0.25) is 4.98 Å². The van der Waals surface area contributed by atoms with Crippen LogP contribution in [0.2, 0.25) is 0 Å². The minimum Gasteiger partial charge on any atom is -0.313 e. The Hall–Kier alpha value is -0.410. The molecule has 1 saturated carbocycles. The Morgan fingerprint density at radius 1 is 1.32 bits per heavy atom. The molecule has 1 heterocycles. The number of halogens is 1. The fourth-order valence-corrected chi connectivity index (χ4v) is 3.51. The molecule has 0 radical (unpaired) electrons. The van der Waals surface area contributed by atoms with E-state index in [1.54, 1.807) is 0 Å². The van der Waals surface area contributed by atoms with Crippen molar-refractivity contribution in [2.24, 2.45) is 5.92 Å². The Morgan fingerprint density at radius 3 is 2.79 bits per heavy atom. The molecule has 2 nitrogen and oxygen atoms in total. The number of hydrogen-bond donors (Lipinski definition) is 1. The molecule has 1 aromatic rings. The molecule has 1 unspecified atom stereocenters. The standard InChI is InChI=1S/C16H25BrN2/c1-2-8-19-16(14-6-4-3-5-7-14)10-13-9-15(17)12-18-11-13/h9,11-12,14,16,19H,2-8,10H2,1H3. The van der Waals surface area contributed by atoms with E-state index in [1.165, 1.54) is 44.1 Å². The van der Waals surface area contributed by atoms with Gasteiger partial charge in [0.05, 0.1) is 0 Å². The van der Waals surface area contributed by atoms with E-state index in [0.29, 0.717) is 6.04 Å². The lowest BCUT2D eigenvalue weighted by atomic mass is 9.81. The summed E-state index contributed by atoms with van der Waals surface area (Å²) in [6, 6.07) is 2.83. The second kappa shape index (κ2) is 8.01. The first kappa shape index (κ1) is 15.0. The van der Waals surface area contributed by atoms with E-state index < -0.39 is 0 Å². The minimum absolute atomic E-state index is 0.622. The van der Waals surface area contributed by atoms with Gasteiger partial charge < -0.3 is 5.32 Å². The van der Waals surface area contributed by atoms with Crippen molar-refractivity contribution >= 4 is 15.9 Å². The quantitative estimate of drug-likeness (QED) is 0.842. The zero-order valence-electron chi connectivity index (χ0n) is 11.9. The third-order valence-corrected chi connectivity index (χ3v) is 4.53. The van der Waals surface area contributed by atoms with Crippen LogP contribution in [0.4, 0.5) is 0 Å². The number of hydrogen-bond acceptors (Lipinski definition) is 2. The summed E-state index contributed by atoms with van der Waals surface area (Å²) in [4.78, 5) is 4.29. The Labute approximate surface area is 125 Å². The molecule has 19 heavy (non-hydrogen) atoms. The van der Waals surface area contributed by atoms with E-state index in [4.69, 9.17) is 0 Å². The summed E-state index contributed by atoms with van der Waals surface area (Å²) in [5.41, 5.74) is 1.34. The lowest BCUT2D eigenvalue weighted by Gasteiger charge is -2.31. The molecule has 2 rings (SSSR count). The van der Waals surface area contributed by atoms with Gasteiger partial charge in [0, 0.05) is 22.9 Å². The highest BCUT2D eigenvalue weighted by Gasteiger charge is 2.23. The molecule has 1 aromatic heterocycles. The molecule has 106 valence electrons. The predicted molar refractivity (Wildman–Crippen MR) is 84.3 cm³/mol. The maximum Gasteiger partial charge on any atom is 0.0410 e. The van der Waals surface area contributed by atoms with Gasteiger partial charge in [0.2, 0.25) is 0 Å². The fourth-order valence-electron chi connectivity index (χ4n) is 3.09. The molecule has 3 heteroatoms. The summed E-state index contributed by atoms with van der Waals surface area (Å²) in [6.07, 6.45) is 13.2. The van der Waals surface area contributed by atoms with E-state index in [0.717, 1.165) is 23.4 Å². The molecule has 1 fully saturated rings. The van der Waals surface area contributed by atoms with Crippen molar-refractivity contribution in [2.45, 2.75) is 57.9 Å². The molecule has 1 aliphatic carbocycles. The normalized spacial score (nSPS) is 18.4. The summed E-state index contributed by atoms with van der Waals surface area (Å²) in [5, 5.41) is 3.76. The topological polar surface area (TPSA) is 24.9 Å². The van der Waals surface area contributed by atoms with Crippen molar-refractivity contribution in [3.63, 3.8) is 0 Å². The van der Waals surface area contributed by atoms with E-state index in [-0.39, 0.29) is 0 Å². The lowest BCUT2D eigenvalue weighted by molar-refractivity contribution is 0.267. The Morgan fingerprint density at radius 2 is 2.11 bits per heavy atom. The fraction of sp³-hybridized carbons (Fsp3) is 0.688. The molecule has 0 spiro atoms. The maximum atomic E-state index is 4.29. The number of nitrogens with one attached hydrogen (secondary N) is 1. The van der Waals surface area contributed by atoms with Crippen molar-refractivity contribution in [3.05, 3.63) is 28.5 Å². The van der Waals surface area contributed by atoms with Gasteiger partial charge in [0.15, 0.2) is 0 Å². The molecule has 0 aromatic carbocycles. The van der Waals surface area contributed by atoms with Crippen molar-refractivity contribution in [3.8, 4) is 0 Å². The summed E-state index contributed by atoms with van der Waals surface area (Å²) in [5.74, 6) is 0.847. The van der Waals surface area contributed by atoms with Gasteiger partial charge in [0.25, 0.3) is 0 Å². The molecule has 1 aliphatic rings. The number of pyridine rings is 1. The molecule has 1 atom stereocenters. The van der Waals surface area contributed by atoms with Gasteiger partial charge in [0.1, 0.15) is 0 Å². The van der Waals surface area contributed by atoms with Crippen LogP contribution in [-0.2, 0) is 6.42 Å². The first-order chi connectivity index (χ1) is 9.29. The van der Waals surface area contributed by atoms with Gasteiger partial charge >= 0.3 is 0 Å². The van der Waals surface area contributed by atoms with Crippen LogP contribution in [0.3, 0.4) is 0 Å². The SMILES string of the molecule is CCCNC(Cc1cncc(Br)c1)C1CCCCC1. The lowest BCUT2D eigenvalue weighted by Crippen LogP contribution is -2.39. The van der Waals surface area contributed by atoms with E-state index in [2.05, 4.69) is 39.2 Å². The average molecular weight is 325 g/mol. The number of rotatable bonds is 6. The van der Waals surface area contributed by atoms with Crippen molar-refractivity contribution < 1.29 is 0 Å². The van der Waals surface area contributed by atoms with Crippen LogP contribution >= 0.6 is 15.9 Å². The smallest absolute Gasteiger partial charge is 0.0410 e. The van der Waals surface area contributed by atoms with Crippen LogP contribution in [0, 0.1) is 5.92 Å². The van der Waals surface area contributed by atoms with Crippen LogP contribution in [0.25, 0.3) is 0 Å². The van der Waals surface area contributed by atoms with Crippen LogP contribution in [0.5, 0.6) is 0 Å². The van der Waals surface area contributed by atoms with Crippen LogP contribution in [0.15, 0.2) is 22.9 Å². The number of aromatic nitrogens is 1. The molecule has 0 amide bonds. The third kappa shape index (κ3) is 4.88. The van der Waals surface area contributed by atoms with E-state index >= 15 is 0 Å². The zero-order valence-corrected chi connectivity index (χ0v) is 13.5. The third-order valence-electron chi connectivity index (χ3n) is 4.09. The molecular weight excluding hydrogens is 300 g/mol. The van der Waals surface area contributed by atoms with E-state index in [9.17, 15) is 0 Å². The van der Waals surface area contributed by atoms with E-state index in [1.807, 2.05) is 12.4 Å². The van der Waals surface area contributed by atoms with Gasteiger partial charge in [-0.1, -0.05) is 26.2 Å². The summed E-state index contributed by atoms with van der Waals surface area (Å²) >= 11 is 3.52.